The number of hydrogen-bond acceptors (Lipinski definition) is 3. The van der Waals surface area contributed by atoms with Gasteiger partial charge in [-0.05, 0) is 114 Å². The zero-order valence-electron chi connectivity index (χ0n) is 19.4. The van der Waals surface area contributed by atoms with Gasteiger partial charge in [-0.3, -0.25) is 9.78 Å². The molecule has 5 rings (SSSR count). The van der Waals surface area contributed by atoms with Gasteiger partial charge in [-0.25, -0.2) is 0 Å². The van der Waals surface area contributed by atoms with E-state index in [0.717, 1.165) is 74.2 Å². The van der Waals surface area contributed by atoms with Gasteiger partial charge in [0.1, 0.15) is 7.85 Å². The van der Waals surface area contributed by atoms with Crippen LogP contribution in [0, 0.1) is 11.8 Å². The molecular formula is C26H32BBrClN3O. The van der Waals surface area contributed by atoms with Crippen molar-refractivity contribution in [3.05, 3.63) is 56.3 Å². The Morgan fingerprint density at radius 2 is 1.85 bits per heavy atom. The summed E-state index contributed by atoms with van der Waals surface area (Å²) in [5.74, 6) is 1.65. The SMILES string of the molecule is Bc1cc(Cl)cc2c1[C@@H](C1CCN(C(=O)CC3CCNCC3)CC1)c1ncc(Br)cc1CC2. The molecule has 2 fully saturated rings. The molecule has 0 bridgehead atoms. The monoisotopic (exact) mass is 527 g/mol. The van der Waals surface area contributed by atoms with Gasteiger partial charge in [0.15, 0.2) is 0 Å². The molecule has 0 saturated carbocycles. The Bertz CT molecular complexity index is 1030. The molecular weight excluding hydrogens is 496 g/mol. The fraction of sp³-hybridized carbons (Fsp3) is 0.538. The lowest BCUT2D eigenvalue weighted by molar-refractivity contribution is -0.133. The first-order valence-electron chi connectivity index (χ1n) is 12.4. The summed E-state index contributed by atoms with van der Waals surface area (Å²) >= 11 is 10.1. The normalized spacial score (nSPS) is 21.9. The van der Waals surface area contributed by atoms with Gasteiger partial charge >= 0.3 is 0 Å². The van der Waals surface area contributed by atoms with E-state index in [-0.39, 0.29) is 5.92 Å². The zero-order valence-corrected chi connectivity index (χ0v) is 21.7. The molecule has 33 heavy (non-hydrogen) atoms. The predicted molar refractivity (Wildman–Crippen MR) is 140 cm³/mol. The maximum atomic E-state index is 13.0. The van der Waals surface area contributed by atoms with E-state index in [0.29, 0.717) is 24.2 Å². The second-order valence-electron chi connectivity index (χ2n) is 10.1. The highest BCUT2D eigenvalue weighted by Gasteiger charge is 2.36. The Balaban J connectivity index is 1.38. The fourth-order valence-electron chi connectivity index (χ4n) is 6.26. The Morgan fingerprint density at radius 1 is 1.12 bits per heavy atom. The minimum absolute atomic E-state index is 0.268. The van der Waals surface area contributed by atoms with Crippen molar-refractivity contribution in [2.24, 2.45) is 11.8 Å². The van der Waals surface area contributed by atoms with E-state index in [1.807, 2.05) is 6.20 Å². The molecule has 3 aliphatic rings. The van der Waals surface area contributed by atoms with Crippen molar-refractivity contribution >= 4 is 46.7 Å². The first-order valence-corrected chi connectivity index (χ1v) is 13.6. The summed E-state index contributed by atoms with van der Waals surface area (Å²) in [5, 5.41) is 4.22. The van der Waals surface area contributed by atoms with Crippen LogP contribution in [0.3, 0.4) is 0 Å². The Hall–Kier alpha value is -1.37. The van der Waals surface area contributed by atoms with E-state index < -0.39 is 0 Å². The highest BCUT2D eigenvalue weighted by atomic mass is 79.9. The van der Waals surface area contributed by atoms with Crippen LogP contribution in [0.4, 0.5) is 0 Å². The lowest BCUT2D eigenvalue weighted by atomic mass is 9.72. The number of aromatic nitrogens is 1. The largest absolute Gasteiger partial charge is 0.343 e. The summed E-state index contributed by atoms with van der Waals surface area (Å²) in [5.41, 5.74) is 6.62. The van der Waals surface area contributed by atoms with Crippen molar-refractivity contribution < 1.29 is 4.79 Å². The molecule has 0 radical (unpaired) electrons. The third-order valence-electron chi connectivity index (χ3n) is 7.96. The number of pyridine rings is 1. The number of carbonyl (C=O) groups excluding carboxylic acids is 1. The van der Waals surface area contributed by atoms with Crippen molar-refractivity contribution in [3.8, 4) is 0 Å². The van der Waals surface area contributed by atoms with Crippen molar-refractivity contribution in [3.63, 3.8) is 0 Å². The molecule has 3 heterocycles. The minimum Gasteiger partial charge on any atom is -0.343 e. The number of likely N-dealkylation sites (tertiary alicyclic amines) is 1. The van der Waals surface area contributed by atoms with Gasteiger partial charge in [0.25, 0.3) is 0 Å². The molecule has 1 aromatic carbocycles. The molecule has 174 valence electrons. The van der Waals surface area contributed by atoms with Crippen LogP contribution in [0.2, 0.25) is 5.02 Å². The van der Waals surface area contributed by atoms with Gasteiger partial charge in [-0.15, -0.1) is 0 Å². The summed E-state index contributed by atoms with van der Waals surface area (Å²) in [4.78, 5) is 20.1. The zero-order chi connectivity index (χ0) is 22.9. The first-order chi connectivity index (χ1) is 16.0. The summed E-state index contributed by atoms with van der Waals surface area (Å²) in [6.45, 7) is 3.82. The van der Waals surface area contributed by atoms with Gasteiger partial charge in [0, 0.05) is 41.1 Å². The van der Waals surface area contributed by atoms with Crippen molar-refractivity contribution in [1.29, 1.82) is 0 Å². The first kappa shape index (κ1) is 23.4. The molecule has 0 spiro atoms. The second-order valence-corrected chi connectivity index (χ2v) is 11.4. The summed E-state index contributed by atoms with van der Waals surface area (Å²) in [6.07, 6.45) is 8.95. The lowest BCUT2D eigenvalue weighted by Crippen LogP contribution is -2.42. The van der Waals surface area contributed by atoms with Crippen molar-refractivity contribution in [2.75, 3.05) is 26.2 Å². The number of fused-ring (bicyclic) bond motifs is 2. The number of hydrogen-bond donors (Lipinski definition) is 1. The third-order valence-corrected chi connectivity index (χ3v) is 8.61. The van der Waals surface area contributed by atoms with Gasteiger partial charge in [-0.2, -0.15) is 0 Å². The van der Waals surface area contributed by atoms with Crippen LogP contribution in [0.15, 0.2) is 28.9 Å². The molecule has 7 heteroatoms. The summed E-state index contributed by atoms with van der Waals surface area (Å²) in [6, 6.07) is 6.51. The molecule has 1 aliphatic carbocycles. The standard InChI is InChI=1S/C26H32BBrClN3O/c27-22-14-21(29)13-18-1-2-19-12-20(28)15-31-26(19)25(24(18)22)17-5-9-32(10-6-17)23(33)11-16-3-7-30-8-4-16/h12-17,25,30H,1-11,27H2/t25-/m1/s1. The average Bonchev–Trinajstić information content (AvgIpc) is 2.96. The van der Waals surface area contributed by atoms with E-state index in [1.54, 1.807) is 0 Å². The van der Waals surface area contributed by atoms with Crippen LogP contribution in [-0.4, -0.2) is 49.8 Å². The van der Waals surface area contributed by atoms with Crippen LogP contribution >= 0.6 is 27.5 Å². The van der Waals surface area contributed by atoms with Gasteiger partial charge in [-0.1, -0.05) is 17.1 Å². The van der Waals surface area contributed by atoms with Gasteiger partial charge in [0.05, 0.1) is 5.69 Å². The van der Waals surface area contributed by atoms with E-state index in [1.165, 1.54) is 27.8 Å². The van der Waals surface area contributed by atoms with Crippen LogP contribution < -0.4 is 10.8 Å². The summed E-state index contributed by atoms with van der Waals surface area (Å²) < 4.78 is 1.04. The Labute approximate surface area is 211 Å². The molecule has 2 aromatic rings. The maximum absolute atomic E-state index is 13.0. The number of nitrogens with zero attached hydrogens (tertiary/aromatic N) is 2. The van der Waals surface area contributed by atoms with Gasteiger partial charge < -0.3 is 10.2 Å². The van der Waals surface area contributed by atoms with Crippen molar-refractivity contribution in [2.45, 2.75) is 50.9 Å². The lowest BCUT2D eigenvalue weighted by Gasteiger charge is -2.38. The van der Waals surface area contributed by atoms with Crippen LogP contribution in [-0.2, 0) is 17.6 Å². The number of benzene rings is 1. The Morgan fingerprint density at radius 3 is 2.61 bits per heavy atom. The number of aryl methyl sites for hydroxylation is 2. The molecule has 2 saturated heterocycles. The number of carbonyl (C=O) groups is 1. The number of rotatable bonds is 3. The highest BCUT2D eigenvalue weighted by Crippen LogP contribution is 2.42. The average molecular weight is 529 g/mol. The number of halogens is 2. The number of amides is 1. The maximum Gasteiger partial charge on any atom is 0.222 e. The van der Waals surface area contributed by atoms with Crippen LogP contribution in [0.5, 0.6) is 0 Å². The van der Waals surface area contributed by atoms with E-state index in [9.17, 15) is 4.79 Å². The fourth-order valence-corrected chi connectivity index (χ4v) is 6.93. The quantitative estimate of drug-likeness (QED) is 0.619. The molecule has 4 nitrogen and oxygen atoms in total. The van der Waals surface area contributed by atoms with E-state index in [4.69, 9.17) is 16.6 Å². The topological polar surface area (TPSA) is 45.2 Å². The van der Waals surface area contributed by atoms with E-state index >= 15 is 0 Å². The third kappa shape index (κ3) is 5.03. The molecule has 1 atom stereocenters. The smallest absolute Gasteiger partial charge is 0.222 e. The van der Waals surface area contributed by atoms with Crippen molar-refractivity contribution in [1.82, 2.24) is 15.2 Å². The molecule has 0 unspecified atom stereocenters. The van der Waals surface area contributed by atoms with Gasteiger partial charge in [0.2, 0.25) is 5.91 Å². The predicted octanol–water partition coefficient (Wildman–Crippen LogP) is 3.61. The molecule has 1 aromatic heterocycles. The Kier molecular flexibility index (Phi) is 7.15. The van der Waals surface area contributed by atoms with E-state index in [2.05, 4.69) is 52.2 Å². The molecule has 1 amide bonds. The second kappa shape index (κ2) is 10.1. The minimum atomic E-state index is 0.268. The number of nitrogens with one attached hydrogen (secondary N) is 1. The van der Waals surface area contributed by atoms with Crippen LogP contribution in [0.1, 0.15) is 60.4 Å². The van der Waals surface area contributed by atoms with Crippen LogP contribution in [0.25, 0.3) is 0 Å². The highest BCUT2D eigenvalue weighted by molar-refractivity contribution is 9.10. The summed E-state index contributed by atoms with van der Waals surface area (Å²) in [7, 11) is 2.19. The molecule has 2 aliphatic heterocycles. The molecule has 1 N–H and O–H groups in total. The number of piperidine rings is 2.